The Kier molecular flexibility index (Phi) is 5.15. The molecule has 1 aliphatic carbocycles. The molecule has 2 fully saturated rings. The van der Waals surface area contributed by atoms with Gasteiger partial charge in [-0.2, -0.15) is 0 Å². The number of anilines is 2. The van der Waals surface area contributed by atoms with Crippen molar-refractivity contribution < 1.29 is 9.18 Å². The van der Waals surface area contributed by atoms with Crippen LogP contribution in [0.5, 0.6) is 0 Å². The Labute approximate surface area is 175 Å². The van der Waals surface area contributed by atoms with Crippen LogP contribution in [0, 0.1) is 5.92 Å². The van der Waals surface area contributed by atoms with Gasteiger partial charge in [0.15, 0.2) is 0 Å². The van der Waals surface area contributed by atoms with Crippen molar-refractivity contribution >= 4 is 28.1 Å². The highest BCUT2D eigenvalue weighted by Crippen LogP contribution is 2.34. The van der Waals surface area contributed by atoms with Gasteiger partial charge in [0, 0.05) is 29.8 Å². The highest BCUT2D eigenvalue weighted by molar-refractivity contribution is 7.18. The first-order valence-corrected chi connectivity index (χ1v) is 10.6. The Morgan fingerprint density at radius 1 is 1.27 bits per heavy atom. The zero-order chi connectivity index (χ0) is 20.5. The van der Waals surface area contributed by atoms with Crippen LogP contribution in [-0.2, 0) is 0 Å². The van der Waals surface area contributed by atoms with E-state index in [1.54, 1.807) is 6.07 Å². The van der Waals surface area contributed by atoms with Crippen molar-refractivity contribution in [2.75, 3.05) is 17.2 Å². The molecule has 2 aliphatic rings. The van der Waals surface area contributed by atoms with Crippen molar-refractivity contribution in [2.24, 2.45) is 5.92 Å². The number of fused-ring (bicyclic) bond motifs is 1. The molecule has 4 atom stereocenters. The molecule has 3 aromatic rings. The van der Waals surface area contributed by atoms with Gasteiger partial charge in [0.1, 0.15) is 16.9 Å². The van der Waals surface area contributed by atoms with Gasteiger partial charge in [0.25, 0.3) is 5.91 Å². The lowest BCUT2D eigenvalue weighted by molar-refractivity contribution is 0.102. The van der Waals surface area contributed by atoms with E-state index < -0.39 is 6.17 Å². The number of rotatable bonds is 5. The quantitative estimate of drug-likeness (QED) is 0.423. The van der Waals surface area contributed by atoms with E-state index in [2.05, 4.69) is 41.7 Å². The van der Waals surface area contributed by atoms with Crippen molar-refractivity contribution in [1.29, 1.82) is 0 Å². The molecule has 1 saturated carbocycles. The van der Waals surface area contributed by atoms with Gasteiger partial charge in [-0.25, -0.2) is 9.37 Å². The van der Waals surface area contributed by atoms with E-state index in [-0.39, 0.29) is 23.9 Å². The number of imidazole rings is 1. The fraction of sp³-hybridized carbons (Fsp3) is 0.368. The average molecular weight is 428 g/mol. The number of halogens is 1. The zero-order valence-corrected chi connectivity index (χ0v) is 16.7. The molecule has 0 spiro atoms. The second-order valence-corrected chi connectivity index (χ2v) is 8.46. The predicted molar refractivity (Wildman–Crippen MR) is 112 cm³/mol. The minimum Gasteiger partial charge on any atom is -0.354 e. The van der Waals surface area contributed by atoms with Gasteiger partial charge in [-0.3, -0.25) is 15.6 Å². The van der Waals surface area contributed by atoms with Gasteiger partial charge in [0.05, 0.1) is 18.6 Å². The van der Waals surface area contributed by atoms with Crippen molar-refractivity contribution in [1.82, 2.24) is 31.0 Å². The molecule has 1 amide bonds. The summed E-state index contributed by atoms with van der Waals surface area (Å²) in [5.74, 6) is -0.302. The van der Waals surface area contributed by atoms with Crippen molar-refractivity contribution in [3.63, 3.8) is 0 Å². The molecular weight excluding hydrogens is 407 g/mol. The van der Waals surface area contributed by atoms with E-state index in [1.165, 1.54) is 23.9 Å². The van der Waals surface area contributed by atoms with Gasteiger partial charge >= 0.3 is 0 Å². The second-order valence-electron chi connectivity index (χ2n) is 7.48. The maximum absolute atomic E-state index is 14.9. The van der Waals surface area contributed by atoms with Crippen LogP contribution in [0.3, 0.4) is 0 Å². The molecule has 4 unspecified atom stereocenters. The van der Waals surface area contributed by atoms with Gasteiger partial charge in [-0.15, -0.1) is 10.2 Å². The number of hydrogen-bond donors (Lipinski definition) is 5. The summed E-state index contributed by atoms with van der Waals surface area (Å²) in [7, 11) is 0. The number of nitrogens with one attached hydrogen (secondary N) is 5. The number of hydrogen-bond acceptors (Lipinski definition) is 8. The summed E-state index contributed by atoms with van der Waals surface area (Å²) in [5, 5.41) is 15.8. The number of aromatic nitrogens is 4. The highest BCUT2D eigenvalue weighted by Gasteiger charge is 2.42. The van der Waals surface area contributed by atoms with Crippen LogP contribution in [0.25, 0.3) is 10.6 Å². The molecule has 11 heteroatoms. The Morgan fingerprint density at radius 3 is 3.07 bits per heavy atom. The van der Waals surface area contributed by atoms with Crippen LogP contribution in [-0.4, -0.2) is 50.9 Å². The van der Waals surface area contributed by atoms with Crippen LogP contribution in [0.2, 0.25) is 0 Å². The predicted octanol–water partition coefficient (Wildman–Crippen LogP) is 2.19. The van der Waals surface area contributed by atoms with E-state index in [1.807, 2.05) is 18.2 Å². The Bertz CT molecular complexity index is 1030. The molecule has 1 saturated heterocycles. The second kappa shape index (κ2) is 8.09. The van der Waals surface area contributed by atoms with Gasteiger partial charge in [-0.1, -0.05) is 23.5 Å². The number of alkyl halides is 1. The fourth-order valence-electron chi connectivity index (χ4n) is 4.01. The first-order valence-electron chi connectivity index (χ1n) is 9.80. The maximum atomic E-state index is 14.9. The molecule has 5 rings (SSSR count). The van der Waals surface area contributed by atoms with Crippen molar-refractivity contribution in [3.05, 3.63) is 42.5 Å². The summed E-state index contributed by atoms with van der Waals surface area (Å²) in [6, 6.07) is 7.29. The molecule has 156 valence electrons. The number of aromatic amines is 1. The number of carbonyl (C=O) groups is 1. The first kappa shape index (κ1) is 19.1. The van der Waals surface area contributed by atoms with E-state index >= 15 is 0 Å². The number of carbonyl (C=O) groups excluding carboxylic acids is 1. The maximum Gasteiger partial charge on any atom is 0.273 e. The summed E-state index contributed by atoms with van der Waals surface area (Å²) in [4.78, 5) is 18.8. The van der Waals surface area contributed by atoms with Gasteiger partial charge in [-0.05, 0) is 25.0 Å². The average Bonchev–Trinajstić information content (AvgIpc) is 3.52. The van der Waals surface area contributed by atoms with Crippen LogP contribution >= 0.6 is 11.3 Å². The van der Waals surface area contributed by atoms with Crippen LogP contribution < -0.4 is 21.5 Å². The monoisotopic (exact) mass is 428 g/mol. The molecule has 2 aromatic heterocycles. The number of amides is 1. The largest absolute Gasteiger partial charge is 0.354 e. The molecule has 9 nitrogen and oxygen atoms in total. The molecule has 30 heavy (non-hydrogen) atoms. The molecule has 1 aliphatic heterocycles. The first-order chi connectivity index (χ1) is 14.7. The van der Waals surface area contributed by atoms with E-state index in [9.17, 15) is 9.18 Å². The Hall–Kier alpha value is -2.89. The van der Waals surface area contributed by atoms with Gasteiger partial charge < -0.3 is 15.6 Å². The molecular formula is C19H21FN8OS. The number of nitrogens with zero attached hydrogens (tertiary/aromatic N) is 3. The zero-order valence-electron chi connectivity index (χ0n) is 15.9. The van der Waals surface area contributed by atoms with Gasteiger partial charge in [0.2, 0.25) is 5.13 Å². The number of hydrazine groups is 1. The molecule has 1 aromatic carbocycles. The summed E-state index contributed by atoms with van der Waals surface area (Å²) >= 11 is 1.37. The minimum absolute atomic E-state index is 0.0289. The lowest BCUT2D eigenvalue weighted by Gasteiger charge is -2.34. The summed E-state index contributed by atoms with van der Waals surface area (Å²) in [6.45, 7) is 0.641. The number of H-pyrrole nitrogens is 1. The van der Waals surface area contributed by atoms with Crippen molar-refractivity contribution in [2.45, 2.75) is 31.1 Å². The standard InChI is InChI=1S/C19H21FN8OS/c20-16-12-7-23-26-13(12)4-5-14(16)25-19-28-27-18(30-19)10-2-1-3-11(6-10)24-17(29)15-8-21-9-22-15/h1-3,6,8-9,12-14,16,23,26H,4-5,7H2,(H,21,22)(H,24,29)(H,25,28). The smallest absolute Gasteiger partial charge is 0.273 e. The lowest BCUT2D eigenvalue weighted by Crippen LogP contribution is -2.47. The number of benzene rings is 1. The molecule has 3 heterocycles. The Morgan fingerprint density at radius 2 is 2.20 bits per heavy atom. The van der Waals surface area contributed by atoms with Crippen LogP contribution in [0.4, 0.5) is 15.2 Å². The molecule has 0 bridgehead atoms. The summed E-state index contributed by atoms with van der Waals surface area (Å²) < 4.78 is 14.9. The van der Waals surface area contributed by atoms with Crippen LogP contribution in [0.1, 0.15) is 23.3 Å². The Balaban J connectivity index is 1.27. The van der Waals surface area contributed by atoms with Crippen LogP contribution in [0.15, 0.2) is 36.8 Å². The van der Waals surface area contributed by atoms with E-state index in [0.717, 1.165) is 18.4 Å². The minimum atomic E-state index is -0.945. The van der Waals surface area contributed by atoms with E-state index in [0.29, 0.717) is 28.1 Å². The summed E-state index contributed by atoms with van der Waals surface area (Å²) in [5.41, 5.74) is 8.05. The lowest BCUT2D eigenvalue weighted by atomic mass is 9.81. The molecule has 0 radical (unpaired) electrons. The van der Waals surface area contributed by atoms with E-state index in [4.69, 9.17) is 0 Å². The fourth-order valence-corrected chi connectivity index (χ4v) is 4.81. The third-order valence-electron chi connectivity index (χ3n) is 5.57. The third-order valence-corrected chi connectivity index (χ3v) is 6.47. The summed E-state index contributed by atoms with van der Waals surface area (Å²) in [6.07, 6.45) is 3.63. The normalized spacial score (nSPS) is 25.6. The third kappa shape index (κ3) is 3.78. The van der Waals surface area contributed by atoms with Crippen molar-refractivity contribution in [3.8, 4) is 10.6 Å². The highest BCUT2D eigenvalue weighted by atomic mass is 32.1. The SMILES string of the molecule is O=C(Nc1cccc(-c2nnc(NC3CCC4NNCC4C3F)s2)c1)c1cnc[nH]1. The molecule has 5 N–H and O–H groups in total. The topological polar surface area (TPSA) is 120 Å².